The number of hydrogen-bond donors (Lipinski definition) is 0. The van der Waals surface area contributed by atoms with E-state index in [1.165, 1.54) is 43.6 Å². The molecule has 20 heavy (non-hydrogen) atoms. The summed E-state index contributed by atoms with van der Waals surface area (Å²) in [5.74, 6) is 2.54. The van der Waals surface area contributed by atoms with Gasteiger partial charge in [-0.1, -0.05) is 19.3 Å². The second kappa shape index (κ2) is 5.87. The van der Waals surface area contributed by atoms with Crippen molar-refractivity contribution in [3.05, 3.63) is 18.0 Å². The third kappa shape index (κ3) is 2.82. The van der Waals surface area contributed by atoms with Crippen LogP contribution in [0.4, 0.5) is 5.13 Å². The van der Waals surface area contributed by atoms with Crippen LogP contribution in [0.2, 0.25) is 0 Å². The lowest BCUT2D eigenvalue weighted by Gasteiger charge is -2.18. The molecule has 0 radical (unpaired) electrons. The predicted octanol–water partition coefficient (Wildman–Crippen LogP) is 2.35. The number of hydrogen-bond acceptors (Lipinski definition) is 6. The zero-order chi connectivity index (χ0) is 13.9. The Morgan fingerprint density at radius 2 is 2.15 bits per heavy atom. The highest BCUT2D eigenvalue weighted by Gasteiger charge is 2.21. The Kier molecular flexibility index (Phi) is 3.95. The molecule has 3 rings (SSSR count). The van der Waals surface area contributed by atoms with Gasteiger partial charge >= 0.3 is 0 Å². The highest BCUT2D eigenvalue weighted by molar-refractivity contribution is 7.09. The average molecular weight is 292 g/mol. The van der Waals surface area contributed by atoms with E-state index in [-0.39, 0.29) is 0 Å². The van der Waals surface area contributed by atoms with E-state index >= 15 is 0 Å². The maximum absolute atomic E-state index is 4.72. The van der Waals surface area contributed by atoms with E-state index in [1.54, 1.807) is 6.33 Å². The van der Waals surface area contributed by atoms with Gasteiger partial charge in [-0.15, -0.1) is 10.2 Å². The van der Waals surface area contributed by atoms with E-state index in [4.69, 9.17) is 4.98 Å². The van der Waals surface area contributed by atoms with E-state index < -0.39 is 0 Å². The fourth-order valence-electron chi connectivity index (χ4n) is 2.64. The first kappa shape index (κ1) is 13.5. The lowest BCUT2D eigenvalue weighted by atomic mass is 9.89. The Bertz CT molecular complexity index is 557. The summed E-state index contributed by atoms with van der Waals surface area (Å²) >= 11 is 1.49. The Labute approximate surface area is 123 Å². The molecule has 0 atom stereocenters. The first-order chi connectivity index (χ1) is 9.74. The van der Waals surface area contributed by atoms with Crippen LogP contribution in [0.5, 0.6) is 0 Å². The summed E-state index contributed by atoms with van der Waals surface area (Å²) in [6, 6.07) is 0. The lowest BCUT2D eigenvalue weighted by Crippen LogP contribution is -2.19. The van der Waals surface area contributed by atoms with Crippen LogP contribution in [-0.4, -0.2) is 31.2 Å². The van der Waals surface area contributed by atoms with Crippen molar-refractivity contribution >= 4 is 16.7 Å². The van der Waals surface area contributed by atoms with Crippen LogP contribution in [-0.2, 0) is 13.6 Å². The monoisotopic (exact) mass is 292 g/mol. The smallest absolute Gasteiger partial charge is 0.205 e. The molecule has 1 saturated carbocycles. The summed E-state index contributed by atoms with van der Waals surface area (Å²) in [6.45, 7) is 0.704. The molecule has 2 aromatic heterocycles. The summed E-state index contributed by atoms with van der Waals surface area (Å²) in [5, 5.41) is 8.97. The van der Waals surface area contributed by atoms with Crippen LogP contribution in [0, 0.1) is 0 Å². The third-order valence-corrected chi connectivity index (χ3v) is 4.76. The second-order valence-electron chi connectivity index (χ2n) is 5.48. The van der Waals surface area contributed by atoms with Crippen LogP contribution in [0.1, 0.15) is 49.7 Å². The van der Waals surface area contributed by atoms with Crippen molar-refractivity contribution in [1.29, 1.82) is 0 Å². The van der Waals surface area contributed by atoms with E-state index in [0.717, 1.165) is 16.8 Å². The second-order valence-corrected chi connectivity index (χ2v) is 6.21. The topological polar surface area (TPSA) is 59.7 Å². The molecule has 2 heterocycles. The summed E-state index contributed by atoms with van der Waals surface area (Å²) in [7, 11) is 3.98. The maximum Gasteiger partial charge on any atom is 0.205 e. The summed E-state index contributed by atoms with van der Waals surface area (Å²) in [5.41, 5.74) is 0. The van der Waals surface area contributed by atoms with E-state index in [2.05, 4.69) is 19.5 Å². The number of aromatic nitrogens is 5. The molecule has 6 nitrogen and oxygen atoms in total. The Morgan fingerprint density at radius 1 is 1.35 bits per heavy atom. The van der Waals surface area contributed by atoms with Crippen molar-refractivity contribution in [2.24, 2.45) is 7.05 Å². The van der Waals surface area contributed by atoms with Crippen molar-refractivity contribution in [3.63, 3.8) is 0 Å². The zero-order valence-electron chi connectivity index (χ0n) is 12.0. The summed E-state index contributed by atoms with van der Waals surface area (Å²) < 4.78 is 6.49. The fraction of sp³-hybridized carbons (Fsp3) is 0.692. The normalized spacial score (nSPS) is 16.5. The minimum Gasteiger partial charge on any atom is -0.342 e. The molecule has 0 spiro atoms. The standard InChI is InChI=1S/C13H20N6S/c1-18(8-11-16-14-9-19(11)2)13-15-12(17-20-13)10-6-4-3-5-7-10/h9-10H,3-8H2,1-2H3. The van der Waals surface area contributed by atoms with E-state index in [1.807, 2.05) is 18.7 Å². The van der Waals surface area contributed by atoms with Gasteiger partial charge < -0.3 is 9.47 Å². The number of aryl methyl sites for hydroxylation is 1. The van der Waals surface area contributed by atoms with Crippen LogP contribution in [0.25, 0.3) is 0 Å². The van der Waals surface area contributed by atoms with Crippen molar-refractivity contribution in [2.75, 3.05) is 11.9 Å². The van der Waals surface area contributed by atoms with Crippen molar-refractivity contribution in [3.8, 4) is 0 Å². The quantitative estimate of drug-likeness (QED) is 0.865. The molecule has 0 aliphatic heterocycles. The molecule has 0 aromatic carbocycles. The Morgan fingerprint density at radius 3 is 2.85 bits per heavy atom. The molecule has 0 bridgehead atoms. The van der Waals surface area contributed by atoms with Gasteiger partial charge in [0.15, 0.2) is 5.82 Å². The number of anilines is 1. The van der Waals surface area contributed by atoms with Crippen LogP contribution in [0.15, 0.2) is 6.33 Å². The van der Waals surface area contributed by atoms with Crippen LogP contribution in [0.3, 0.4) is 0 Å². The van der Waals surface area contributed by atoms with Crippen molar-refractivity contribution in [2.45, 2.75) is 44.6 Å². The first-order valence-corrected chi connectivity index (χ1v) is 7.89. The van der Waals surface area contributed by atoms with Gasteiger partial charge in [0.2, 0.25) is 5.13 Å². The number of rotatable bonds is 4. The molecule has 2 aromatic rings. The molecule has 0 saturated heterocycles. The average Bonchev–Trinajstić information content (AvgIpc) is 3.10. The van der Waals surface area contributed by atoms with E-state index in [9.17, 15) is 0 Å². The molecule has 0 unspecified atom stereocenters. The Balaban J connectivity index is 1.68. The van der Waals surface area contributed by atoms with Gasteiger partial charge in [-0.3, -0.25) is 0 Å². The van der Waals surface area contributed by atoms with Gasteiger partial charge in [0.25, 0.3) is 0 Å². The highest BCUT2D eigenvalue weighted by Crippen LogP contribution is 2.32. The maximum atomic E-state index is 4.72. The molecule has 0 amide bonds. The molecular weight excluding hydrogens is 272 g/mol. The summed E-state index contributed by atoms with van der Waals surface area (Å²) in [6.07, 6.45) is 8.19. The molecule has 1 aliphatic carbocycles. The van der Waals surface area contributed by atoms with Gasteiger partial charge in [-0.25, -0.2) is 4.98 Å². The van der Waals surface area contributed by atoms with Gasteiger partial charge in [-0.2, -0.15) is 4.37 Å². The molecule has 7 heteroatoms. The molecule has 1 fully saturated rings. The van der Waals surface area contributed by atoms with Gasteiger partial charge in [0.1, 0.15) is 12.2 Å². The third-order valence-electron chi connectivity index (χ3n) is 3.91. The fourth-order valence-corrected chi connectivity index (χ4v) is 3.34. The largest absolute Gasteiger partial charge is 0.342 e. The van der Waals surface area contributed by atoms with Gasteiger partial charge in [-0.05, 0) is 12.8 Å². The van der Waals surface area contributed by atoms with Gasteiger partial charge in [0, 0.05) is 31.5 Å². The lowest BCUT2D eigenvalue weighted by molar-refractivity contribution is 0.431. The minimum absolute atomic E-state index is 0.567. The minimum atomic E-state index is 0.567. The molecular formula is C13H20N6S. The SMILES string of the molecule is CN(Cc1nncn1C)c1nc(C2CCCCC2)ns1. The van der Waals surface area contributed by atoms with Crippen molar-refractivity contribution in [1.82, 2.24) is 24.1 Å². The highest BCUT2D eigenvalue weighted by atomic mass is 32.1. The molecule has 0 N–H and O–H groups in total. The molecule has 1 aliphatic rings. The van der Waals surface area contributed by atoms with Gasteiger partial charge in [0.05, 0.1) is 6.54 Å². The first-order valence-electron chi connectivity index (χ1n) is 7.11. The number of nitrogens with zero attached hydrogens (tertiary/aromatic N) is 6. The van der Waals surface area contributed by atoms with Crippen LogP contribution >= 0.6 is 11.5 Å². The Hall–Kier alpha value is -1.50. The predicted molar refractivity (Wildman–Crippen MR) is 78.8 cm³/mol. The zero-order valence-corrected chi connectivity index (χ0v) is 12.8. The van der Waals surface area contributed by atoms with Crippen LogP contribution < -0.4 is 4.90 Å². The molecule has 108 valence electrons. The summed E-state index contributed by atoms with van der Waals surface area (Å²) in [4.78, 5) is 6.81. The van der Waals surface area contributed by atoms with E-state index in [0.29, 0.717) is 12.5 Å². The van der Waals surface area contributed by atoms with Crippen molar-refractivity contribution < 1.29 is 0 Å².